The highest BCUT2D eigenvalue weighted by molar-refractivity contribution is 8.03. The van der Waals surface area contributed by atoms with Crippen LogP contribution in [-0.4, -0.2) is 22.9 Å². The number of aryl methyl sites for hydroxylation is 1. The molecule has 2 rings (SSSR count). The van der Waals surface area contributed by atoms with Gasteiger partial charge in [-0.2, -0.15) is 5.26 Å². The third kappa shape index (κ3) is 5.94. The second-order valence-corrected chi connectivity index (χ2v) is 6.86. The van der Waals surface area contributed by atoms with Gasteiger partial charge in [0.25, 0.3) is 0 Å². The Bertz CT molecular complexity index is 871. The topological polar surface area (TPSA) is 90.2 Å². The third-order valence-corrected chi connectivity index (χ3v) is 4.68. The van der Waals surface area contributed by atoms with Crippen molar-refractivity contribution < 1.29 is 14.7 Å². The molecule has 0 fully saturated rings. The smallest absolute Gasteiger partial charge is 0.310 e. The van der Waals surface area contributed by atoms with Crippen molar-refractivity contribution in [2.45, 2.75) is 19.8 Å². The van der Waals surface area contributed by atoms with Crippen LogP contribution in [0.4, 0.5) is 0 Å². The number of aliphatic carboxylic acids is 1. The zero-order valence-corrected chi connectivity index (χ0v) is 15.3. The minimum absolute atomic E-state index is 0.103. The highest BCUT2D eigenvalue weighted by Crippen LogP contribution is 2.18. The molecule has 0 heterocycles. The molecule has 0 radical (unpaired) electrons. The second kappa shape index (κ2) is 9.64. The molecule has 0 aliphatic rings. The lowest BCUT2D eigenvalue weighted by molar-refractivity contribution is -0.139. The van der Waals surface area contributed by atoms with Crippen molar-refractivity contribution in [2.75, 3.05) is 5.88 Å². The van der Waals surface area contributed by atoms with Gasteiger partial charge in [-0.3, -0.25) is 9.59 Å². The summed E-state index contributed by atoms with van der Waals surface area (Å²) >= 11 is 1.12. The number of benzene rings is 2. The molecule has 0 aliphatic heterocycles. The molecule has 1 amide bonds. The molecule has 0 spiro atoms. The molecule has 2 N–H and O–H groups in total. The molecule has 5 nitrogen and oxygen atoms in total. The average Bonchev–Trinajstić information content (AvgIpc) is 2.65. The maximum atomic E-state index is 12.0. The number of nitrogens with zero attached hydrogens (tertiary/aromatic N) is 1. The summed E-state index contributed by atoms with van der Waals surface area (Å²) in [5.74, 6) is -1.59. The van der Waals surface area contributed by atoms with E-state index in [1.165, 1.54) is 18.4 Å². The summed E-state index contributed by atoms with van der Waals surface area (Å²) in [5.41, 5.74) is 1.10. The number of nitrogens with one attached hydrogen (secondary N) is 1. The summed E-state index contributed by atoms with van der Waals surface area (Å²) < 4.78 is 0. The SMILES string of the molecule is CC(/C=C(/C#N)SCNC(=O)CCc1ccc2ccccc2c1)C(=O)O. The van der Waals surface area contributed by atoms with Crippen LogP contribution in [0.3, 0.4) is 0 Å². The van der Waals surface area contributed by atoms with Crippen molar-refractivity contribution in [3.8, 4) is 6.07 Å². The number of allylic oxidation sites excluding steroid dienone is 1. The van der Waals surface area contributed by atoms with Crippen LogP contribution in [0.25, 0.3) is 10.8 Å². The number of amides is 1. The van der Waals surface area contributed by atoms with Gasteiger partial charge >= 0.3 is 5.97 Å². The molecule has 0 aromatic heterocycles. The quantitative estimate of drug-likeness (QED) is 0.548. The van der Waals surface area contributed by atoms with Crippen molar-refractivity contribution in [2.24, 2.45) is 5.92 Å². The molecule has 0 bridgehead atoms. The summed E-state index contributed by atoms with van der Waals surface area (Å²) in [5, 5.41) is 22.9. The molecule has 0 aliphatic carbocycles. The fraction of sp³-hybridized carbons (Fsp3) is 0.250. The van der Waals surface area contributed by atoms with E-state index in [-0.39, 0.29) is 16.7 Å². The number of carboxylic acids is 1. The summed E-state index contributed by atoms with van der Waals surface area (Å²) in [6.45, 7) is 1.50. The predicted octanol–water partition coefficient (Wildman–Crippen LogP) is 3.71. The highest BCUT2D eigenvalue weighted by Gasteiger charge is 2.10. The molecular weight excluding hydrogens is 348 g/mol. The van der Waals surface area contributed by atoms with Crippen LogP contribution < -0.4 is 5.32 Å². The van der Waals surface area contributed by atoms with E-state index in [4.69, 9.17) is 10.4 Å². The van der Waals surface area contributed by atoms with Crippen molar-refractivity contribution in [3.63, 3.8) is 0 Å². The Balaban J connectivity index is 1.79. The molecule has 26 heavy (non-hydrogen) atoms. The van der Waals surface area contributed by atoms with Gasteiger partial charge in [0.15, 0.2) is 0 Å². The Labute approximate surface area is 156 Å². The first-order chi connectivity index (χ1) is 12.5. The van der Waals surface area contributed by atoms with Crippen LogP contribution in [0.5, 0.6) is 0 Å². The lowest BCUT2D eigenvalue weighted by atomic mass is 10.0. The van der Waals surface area contributed by atoms with E-state index < -0.39 is 11.9 Å². The molecule has 1 unspecified atom stereocenters. The second-order valence-electron chi connectivity index (χ2n) is 5.84. The van der Waals surface area contributed by atoms with E-state index in [0.717, 1.165) is 22.7 Å². The van der Waals surface area contributed by atoms with Crippen LogP contribution in [-0.2, 0) is 16.0 Å². The fourth-order valence-electron chi connectivity index (χ4n) is 2.35. The van der Waals surface area contributed by atoms with E-state index in [2.05, 4.69) is 17.4 Å². The summed E-state index contributed by atoms with van der Waals surface area (Å²) in [6.07, 6.45) is 2.38. The van der Waals surface area contributed by atoms with Crippen molar-refractivity contribution in [3.05, 3.63) is 59.0 Å². The Kier molecular flexibility index (Phi) is 7.24. The van der Waals surface area contributed by atoms with Crippen molar-refractivity contribution >= 4 is 34.4 Å². The monoisotopic (exact) mass is 368 g/mol. The van der Waals surface area contributed by atoms with Gasteiger partial charge in [-0.1, -0.05) is 54.2 Å². The normalized spacial score (nSPS) is 12.4. The van der Waals surface area contributed by atoms with Crippen LogP contribution in [0.15, 0.2) is 53.4 Å². The van der Waals surface area contributed by atoms with Gasteiger partial charge in [-0.15, -0.1) is 0 Å². The average molecular weight is 368 g/mol. The fourth-order valence-corrected chi connectivity index (χ4v) is 3.10. The van der Waals surface area contributed by atoms with E-state index >= 15 is 0 Å². The lowest BCUT2D eigenvalue weighted by Crippen LogP contribution is -2.23. The molecular formula is C20H20N2O3S. The number of hydrogen-bond donors (Lipinski definition) is 2. The predicted molar refractivity (Wildman–Crippen MR) is 103 cm³/mol. The summed E-state index contributed by atoms with van der Waals surface area (Å²) in [6, 6.07) is 16.2. The number of fused-ring (bicyclic) bond motifs is 1. The molecule has 2 aromatic rings. The first-order valence-corrected chi connectivity index (χ1v) is 9.20. The van der Waals surface area contributed by atoms with Gasteiger partial charge in [0, 0.05) is 6.42 Å². The third-order valence-electron chi connectivity index (χ3n) is 3.85. The highest BCUT2D eigenvalue weighted by atomic mass is 32.2. The van der Waals surface area contributed by atoms with Gasteiger partial charge in [0.05, 0.1) is 16.7 Å². The first-order valence-electron chi connectivity index (χ1n) is 8.21. The van der Waals surface area contributed by atoms with Crippen LogP contribution in [0.1, 0.15) is 18.9 Å². The van der Waals surface area contributed by atoms with Crippen molar-refractivity contribution in [1.29, 1.82) is 5.26 Å². The van der Waals surface area contributed by atoms with E-state index in [0.29, 0.717) is 12.8 Å². The lowest BCUT2D eigenvalue weighted by Gasteiger charge is -2.06. The van der Waals surface area contributed by atoms with Gasteiger partial charge in [0.2, 0.25) is 5.91 Å². The Morgan fingerprint density at radius 1 is 1.27 bits per heavy atom. The largest absolute Gasteiger partial charge is 0.481 e. The minimum Gasteiger partial charge on any atom is -0.481 e. The number of rotatable bonds is 8. The van der Waals surface area contributed by atoms with Crippen LogP contribution in [0, 0.1) is 17.2 Å². The molecule has 134 valence electrons. The molecule has 0 saturated heterocycles. The number of carbonyl (C=O) groups is 2. The number of hydrogen-bond acceptors (Lipinski definition) is 4. The summed E-state index contributed by atoms with van der Waals surface area (Å²) in [7, 11) is 0. The number of carboxylic acid groups (broad SMARTS) is 1. The molecule has 0 saturated carbocycles. The van der Waals surface area contributed by atoms with E-state index in [9.17, 15) is 9.59 Å². The van der Waals surface area contributed by atoms with Crippen LogP contribution >= 0.6 is 11.8 Å². The van der Waals surface area contributed by atoms with Gasteiger partial charge in [0.1, 0.15) is 6.07 Å². The van der Waals surface area contributed by atoms with Gasteiger partial charge < -0.3 is 10.4 Å². The molecule has 6 heteroatoms. The number of thioether (sulfide) groups is 1. The maximum Gasteiger partial charge on any atom is 0.310 e. The standard InChI is InChI=1S/C20H20N2O3S/c1-14(20(24)25)10-18(12-21)26-13-22-19(23)9-7-15-6-8-16-4-2-3-5-17(16)11-15/h2-6,8,10-11,14H,7,9,13H2,1H3,(H,22,23)(H,24,25)/b18-10-. The van der Waals surface area contributed by atoms with Crippen molar-refractivity contribution in [1.82, 2.24) is 5.32 Å². The minimum atomic E-state index is -0.988. The Morgan fingerprint density at radius 2 is 2.00 bits per heavy atom. The number of carbonyl (C=O) groups excluding carboxylic acids is 1. The van der Waals surface area contributed by atoms with Gasteiger partial charge in [-0.25, -0.2) is 0 Å². The van der Waals surface area contributed by atoms with E-state index in [1.807, 2.05) is 36.4 Å². The maximum absolute atomic E-state index is 12.0. The molecule has 1 atom stereocenters. The zero-order valence-electron chi connectivity index (χ0n) is 14.4. The Morgan fingerprint density at radius 3 is 2.69 bits per heavy atom. The van der Waals surface area contributed by atoms with Gasteiger partial charge in [-0.05, 0) is 35.8 Å². The number of nitriles is 1. The van der Waals surface area contributed by atoms with Crippen LogP contribution in [0.2, 0.25) is 0 Å². The Hall–Kier alpha value is -2.78. The zero-order chi connectivity index (χ0) is 18.9. The summed E-state index contributed by atoms with van der Waals surface area (Å²) in [4.78, 5) is 23.0. The van der Waals surface area contributed by atoms with E-state index in [1.54, 1.807) is 0 Å². The first kappa shape index (κ1) is 19.5. The molecule has 2 aromatic carbocycles.